The summed E-state index contributed by atoms with van der Waals surface area (Å²) < 4.78 is 11.2. The molecule has 0 aliphatic carbocycles. The quantitative estimate of drug-likeness (QED) is 0.227. The number of benzene rings is 1. The molecule has 0 radical (unpaired) electrons. The van der Waals surface area contributed by atoms with Gasteiger partial charge in [-0.05, 0) is 44.4 Å². The highest BCUT2D eigenvalue weighted by molar-refractivity contribution is 6.37. The number of aliphatic hydroxyl groups excluding tert-OH is 1. The zero-order valence-electron chi connectivity index (χ0n) is 21.4. The van der Waals surface area contributed by atoms with Gasteiger partial charge in [0, 0.05) is 36.5 Å². The third kappa shape index (κ3) is 5.33. The minimum absolute atomic E-state index is 0.104. The summed E-state index contributed by atoms with van der Waals surface area (Å²) >= 11 is 0. The second-order valence-corrected chi connectivity index (χ2v) is 9.85. The Kier molecular flexibility index (Phi) is 7.68. The number of H-pyrrole nitrogens is 1. The molecule has 0 saturated carbocycles. The maximum Gasteiger partial charge on any atom is 0.331 e. The third-order valence-corrected chi connectivity index (χ3v) is 7.08. The van der Waals surface area contributed by atoms with Crippen LogP contribution in [0.5, 0.6) is 0 Å². The molecular formula is C27H31N3O8. The summed E-state index contributed by atoms with van der Waals surface area (Å²) in [5.41, 5.74) is -0.566. The van der Waals surface area contributed by atoms with E-state index in [0.29, 0.717) is 23.1 Å². The van der Waals surface area contributed by atoms with Gasteiger partial charge >= 0.3 is 17.8 Å². The van der Waals surface area contributed by atoms with Crippen molar-refractivity contribution in [1.29, 1.82) is 0 Å². The van der Waals surface area contributed by atoms with Gasteiger partial charge in [0.1, 0.15) is 18.1 Å². The van der Waals surface area contributed by atoms with E-state index in [2.05, 4.69) is 10.3 Å². The van der Waals surface area contributed by atoms with Crippen LogP contribution in [0.2, 0.25) is 0 Å². The largest absolute Gasteiger partial charge is 0.622 e. The number of carbonyl (C=O) groups is 4. The Balaban J connectivity index is 1.65. The fourth-order valence-corrected chi connectivity index (χ4v) is 4.89. The molecule has 0 spiro atoms. The Morgan fingerprint density at radius 1 is 1.26 bits per heavy atom. The molecule has 4 rings (SSSR count). The van der Waals surface area contributed by atoms with Gasteiger partial charge in [-0.1, -0.05) is 18.2 Å². The van der Waals surface area contributed by atoms with Gasteiger partial charge in [-0.15, -0.1) is 0 Å². The number of cyclic esters (lactones) is 1. The van der Waals surface area contributed by atoms with Gasteiger partial charge in [0.25, 0.3) is 11.4 Å². The Hall–Kier alpha value is -3.99. The highest BCUT2D eigenvalue weighted by Crippen LogP contribution is 2.34. The number of hydroxylamine groups is 1. The molecule has 5 atom stereocenters. The lowest BCUT2D eigenvalue weighted by atomic mass is 9.82. The number of nitrogens with one attached hydrogen (secondary N) is 2. The van der Waals surface area contributed by atoms with E-state index in [4.69, 9.17) is 9.47 Å². The number of fused-ring (bicyclic) bond motifs is 1. The number of Topliss-reactive ketones (excluding diaryl/α,β-unsaturated/α-hetero) is 1. The second kappa shape index (κ2) is 10.8. The van der Waals surface area contributed by atoms with Crippen molar-refractivity contribution in [2.75, 3.05) is 0 Å². The molecule has 3 heterocycles. The number of hydrogen-bond acceptors (Lipinski definition) is 8. The van der Waals surface area contributed by atoms with Crippen LogP contribution in [0.1, 0.15) is 45.6 Å². The number of ether oxygens (including phenoxy) is 2. The van der Waals surface area contributed by atoms with Crippen LogP contribution in [-0.4, -0.2) is 68.1 Å². The first-order valence-electron chi connectivity index (χ1n) is 12.5. The number of esters is 2. The van der Waals surface area contributed by atoms with Crippen molar-refractivity contribution in [3.63, 3.8) is 0 Å². The van der Waals surface area contributed by atoms with Crippen LogP contribution < -0.4 is 5.32 Å². The molecule has 1 aromatic carbocycles. The first-order valence-corrected chi connectivity index (χ1v) is 12.5. The molecule has 0 bridgehead atoms. The summed E-state index contributed by atoms with van der Waals surface area (Å²) in [5.74, 6) is -4.06. The zero-order chi connectivity index (χ0) is 27.6. The Bertz CT molecular complexity index is 1330. The summed E-state index contributed by atoms with van der Waals surface area (Å²) in [6.07, 6.45) is 2.31. The van der Waals surface area contributed by atoms with Gasteiger partial charge in [-0.2, -0.15) is 4.74 Å². The van der Waals surface area contributed by atoms with E-state index in [1.165, 1.54) is 19.9 Å². The summed E-state index contributed by atoms with van der Waals surface area (Å²) in [7, 11) is 0. The Morgan fingerprint density at radius 2 is 2.00 bits per heavy atom. The summed E-state index contributed by atoms with van der Waals surface area (Å²) in [6, 6.07) is 7.37. The molecule has 11 heteroatoms. The highest BCUT2D eigenvalue weighted by Gasteiger charge is 2.59. The summed E-state index contributed by atoms with van der Waals surface area (Å²) in [5, 5.41) is 26.9. The summed E-state index contributed by atoms with van der Waals surface area (Å²) in [6.45, 7) is 4.27. The lowest BCUT2D eigenvalue weighted by Gasteiger charge is -2.34. The molecule has 0 saturated heterocycles. The van der Waals surface area contributed by atoms with Crippen molar-refractivity contribution in [1.82, 2.24) is 10.3 Å². The van der Waals surface area contributed by atoms with Gasteiger partial charge in [-0.3, -0.25) is 19.7 Å². The number of aromatic nitrogens is 1. The number of nitrogens with zero attached hydrogens (tertiary/aromatic N) is 1. The van der Waals surface area contributed by atoms with Crippen molar-refractivity contribution in [2.45, 2.75) is 70.4 Å². The molecule has 1 amide bonds. The maximum atomic E-state index is 13.6. The molecule has 5 unspecified atom stereocenters. The van der Waals surface area contributed by atoms with Crippen LogP contribution in [0.3, 0.4) is 0 Å². The van der Waals surface area contributed by atoms with Crippen LogP contribution in [0.4, 0.5) is 0 Å². The molecule has 3 N–H and O–H groups in total. The smallest absolute Gasteiger partial charge is 0.331 e. The Morgan fingerprint density at radius 3 is 2.63 bits per heavy atom. The van der Waals surface area contributed by atoms with Crippen molar-refractivity contribution in [3.8, 4) is 0 Å². The average Bonchev–Trinajstić information content (AvgIpc) is 3.54. The van der Waals surface area contributed by atoms with Crippen molar-refractivity contribution >= 4 is 40.2 Å². The van der Waals surface area contributed by atoms with Crippen LogP contribution in [0.15, 0.2) is 42.6 Å². The van der Waals surface area contributed by atoms with Gasteiger partial charge < -0.3 is 24.8 Å². The number of ketones is 1. The standard InChI is InChI=1S/C27H31N3O8/c1-15(8-9-19-10-11-24(33)38-19)37-26(35)21(12-23(32)17(3)31)27(29-25(34)16(2)30(27)36)13-18-14-28-22-7-5-4-6-20(18)22/h4-7,10-11,14-15,17,19,21,28,31H,8-9,12-13H2,1-3H3,(H,29,34). The van der Waals surface area contributed by atoms with Crippen LogP contribution in [0, 0.1) is 11.1 Å². The molecule has 1 aromatic heterocycles. The van der Waals surface area contributed by atoms with Gasteiger partial charge in [0.05, 0.1) is 12.5 Å². The van der Waals surface area contributed by atoms with Crippen molar-refractivity contribution in [3.05, 3.63) is 53.4 Å². The van der Waals surface area contributed by atoms with E-state index in [1.54, 1.807) is 19.2 Å². The zero-order valence-corrected chi connectivity index (χ0v) is 21.4. The number of para-hydroxylation sites is 1. The highest BCUT2D eigenvalue weighted by atomic mass is 16.6. The molecule has 2 aromatic rings. The molecular weight excluding hydrogens is 494 g/mol. The van der Waals surface area contributed by atoms with Crippen molar-refractivity contribution < 1.29 is 38.5 Å². The van der Waals surface area contributed by atoms with E-state index in [0.717, 1.165) is 10.9 Å². The number of amides is 1. The monoisotopic (exact) mass is 525 g/mol. The Labute approximate surface area is 219 Å². The fourth-order valence-electron chi connectivity index (χ4n) is 4.89. The predicted octanol–water partition coefficient (Wildman–Crippen LogP) is 1.66. The predicted molar refractivity (Wildman–Crippen MR) is 136 cm³/mol. The molecule has 11 nitrogen and oxygen atoms in total. The maximum absolute atomic E-state index is 13.6. The van der Waals surface area contributed by atoms with E-state index in [9.17, 15) is 29.5 Å². The van der Waals surface area contributed by atoms with Crippen LogP contribution in [0.25, 0.3) is 10.9 Å². The van der Waals surface area contributed by atoms with Gasteiger partial charge in [-0.25, -0.2) is 4.79 Å². The van der Waals surface area contributed by atoms with Crippen LogP contribution >= 0.6 is 0 Å². The number of carbonyl (C=O) groups excluding carboxylic acids is 4. The minimum Gasteiger partial charge on any atom is -0.622 e. The lowest BCUT2D eigenvalue weighted by Crippen LogP contribution is -2.60. The number of aromatic amines is 1. The third-order valence-electron chi connectivity index (χ3n) is 7.08. The molecule has 38 heavy (non-hydrogen) atoms. The molecule has 2 aliphatic heterocycles. The van der Waals surface area contributed by atoms with Gasteiger partial charge in [0.15, 0.2) is 5.78 Å². The van der Waals surface area contributed by atoms with E-state index in [1.807, 2.05) is 24.3 Å². The minimum atomic E-state index is -1.86. The van der Waals surface area contributed by atoms with Crippen LogP contribution in [-0.2, 0) is 35.1 Å². The van der Waals surface area contributed by atoms with Crippen molar-refractivity contribution in [2.24, 2.45) is 5.92 Å². The van der Waals surface area contributed by atoms with Gasteiger partial charge in [0.2, 0.25) is 0 Å². The normalized spacial score (nSPS) is 23.3. The number of hydrogen-bond donors (Lipinski definition) is 3. The fraction of sp³-hybridized carbons (Fsp3) is 0.444. The summed E-state index contributed by atoms with van der Waals surface area (Å²) in [4.78, 5) is 53.4. The first-order chi connectivity index (χ1) is 18.0. The average molecular weight is 526 g/mol. The molecule has 202 valence electrons. The van der Waals surface area contributed by atoms with E-state index < -0.39 is 59.9 Å². The number of rotatable bonds is 11. The molecule has 0 fully saturated rings. The lowest BCUT2D eigenvalue weighted by molar-refractivity contribution is -0.556. The second-order valence-electron chi connectivity index (χ2n) is 9.85. The topological polar surface area (TPSA) is 161 Å². The van der Waals surface area contributed by atoms with E-state index >= 15 is 0 Å². The van der Waals surface area contributed by atoms with E-state index in [-0.39, 0.29) is 12.1 Å². The number of aliphatic hydroxyl groups is 1. The SMILES string of the molecule is CC1=[N+]([O-])C(Cc2c[nH]c3ccccc23)(C(CC(=O)C(C)O)C(=O)OC(C)CCC2C=CC(=O)O2)NC1=O. The molecule has 2 aliphatic rings. The first kappa shape index (κ1) is 27.1.